The van der Waals surface area contributed by atoms with E-state index in [1.807, 2.05) is 0 Å². The molecule has 1 N–H and O–H groups in total. The number of hydrogen-bond acceptors (Lipinski definition) is 1. The lowest BCUT2D eigenvalue weighted by molar-refractivity contribution is 0.282. The molecule has 0 fully saturated rings. The molecule has 0 heterocycles. The van der Waals surface area contributed by atoms with Crippen LogP contribution in [0.3, 0.4) is 0 Å². The van der Waals surface area contributed by atoms with E-state index >= 15 is 0 Å². The molecule has 0 unspecified atom stereocenters. The molecule has 0 aromatic rings. The third kappa shape index (κ3) is 13.9. The van der Waals surface area contributed by atoms with Gasteiger partial charge in [-0.15, -0.1) is 0 Å². The van der Waals surface area contributed by atoms with Crippen LogP contribution >= 0.6 is 0 Å². The Morgan fingerprint density at radius 2 is 1.12 bits per heavy atom. The largest absolute Gasteiger partial charge is 0.396 e. The van der Waals surface area contributed by atoms with E-state index in [2.05, 4.69) is 13.8 Å². The first-order valence-corrected chi connectivity index (χ1v) is 7.92. The molecular weight excluding hydrogens is 208 g/mol. The Bertz CT molecular complexity index is 133. The van der Waals surface area contributed by atoms with Gasteiger partial charge in [0.15, 0.2) is 0 Å². The summed E-state index contributed by atoms with van der Waals surface area (Å²) in [7, 11) is 0. The van der Waals surface area contributed by atoms with Gasteiger partial charge in [-0.1, -0.05) is 84.5 Å². The SMILES string of the molecule is CC[C@@H](C)CCCCCCCCCCCCO. The van der Waals surface area contributed by atoms with Gasteiger partial charge in [0, 0.05) is 6.61 Å². The Balaban J connectivity index is 2.94. The molecule has 0 aliphatic rings. The summed E-state index contributed by atoms with van der Waals surface area (Å²) < 4.78 is 0. The summed E-state index contributed by atoms with van der Waals surface area (Å²) in [6, 6.07) is 0. The summed E-state index contributed by atoms with van der Waals surface area (Å²) >= 11 is 0. The van der Waals surface area contributed by atoms with Gasteiger partial charge in [0.1, 0.15) is 0 Å². The Labute approximate surface area is 109 Å². The van der Waals surface area contributed by atoms with Crippen LogP contribution in [0.2, 0.25) is 0 Å². The molecule has 0 spiro atoms. The van der Waals surface area contributed by atoms with Gasteiger partial charge in [0.2, 0.25) is 0 Å². The smallest absolute Gasteiger partial charge is 0.0431 e. The zero-order chi connectivity index (χ0) is 12.8. The van der Waals surface area contributed by atoms with E-state index < -0.39 is 0 Å². The maximum atomic E-state index is 8.65. The molecule has 0 rings (SSSR count). The van der Waals surface area contributed by atoms with E-state index in [-0.39, 0.29) is 0 Å². The lowest BCUT2D eigenvalue weighted by atomic mass is 9.99. The van der Waals surface area contributed by atoms with Crippen molar-refractivity contribution in [2.45, 2.75) is 90.9 Å². The van der Waals surface area contributed by atoms with Gasteiger partial charge in [0.25, 0.3) is 0 Å². The molecule has 17 heavy (non-hydrogen) atoms. The highest BCUT2D eigenvalue weighted by Gasteiger charge is 1.98. The van der Waals surface area contributed by atoms with E-state index in [1.165, 1.54) is 70.6 Å². The van der Waals surface area contributed by atoms with Gasteiger partial charge in [-0.25, -0.2) is 0 Å². The highest BCUT2D eigenvalue weighted by molar-refractivity contribution is 4.52. The summed E-state index contributed by atoms with van der Waals surface area (Å²) in [4.78, 5) is 0. The molecule has 1 nitrogen and oxygen atoms in total. The number of aliphatic hydroxyl groups is 1. The lowest BCUT2D eigenvalue weighted by Gasteiger charge is -2.07. The first-order chi connectivity index (χ1) is 8.31. The van der Waals surface area contributed by atoms with Gasteiger partial charge in [-0.05, 0) is 12.3 Å². The van der Waals surface area contributed by atoms with Crippen LogP contribution in [0.15, 0.2) is 0 Å². The summed E-state index contributed by atoms with van der Waals surface area (Å²) in [6.07, 6.45) is 16.2. The first-order valence-electron chi connectivity index (χ1n) is 7.92. The summed E-state index contributed by atoms with van der Waals surface area (Å²) in [6.45, 7) is 5.03. The molecule has 0 aliphatic carbocycles. The predicted octanol–water partition coefficient (Wildman–Crippen LogP) is 5.32. The number of rotatable bonds is 13. The minimum Gasteiger partial charge on any atom is -0.396 e. The van der Waals surface area contributed by atoms with Crippen molar-refractivity contribution in [3.63, 3.8) is 0 Å². The van der Waals surface area contributed by atoms with Gasteiger partial charge >= 0.3 is 0 Å². The van der Waals surface area contributed by atoms with Crippen molar-refractivity contribution in [2.75, 3.05) is 6.61 Å². The Kier molecular flexibility index (Phi) is 14.0. The van der Waals surface area contributed by atoms with Gasteiger partial charge in [-0.3, -0.25) is 0 Å². The predicted molar refractivity (Wildman–Crippen MR) is 77.3 cm³/mol. The van der Waals surface area contributed by atoms with Crippen molar-refractivity contribution in [3.05, 3.63) is 0 Å². The van der Waals surface area contributed by atoms with Gasteiger partial charge in [0.05, 0.1) is 0 Å². The molecule has 104 valence electrons. The van der Waals surface area contributed by atoms with Crippen molar-refractivity contribution >= 4 is 0 Å². The second kappa shape index (κ2) is 14.0. The molecule has 0 aromatic heterocycles. The fourth-order valence-electron chi connectivity index (χ4n) is 2.22. The minimum atomic E-state index is 0.371. The molecule has 0 aromatic carbocycles. The molecule has 0 aliphatic heterocycles. The Morgan fingerprint density at radius 3 is 1.53 bits per heavy atom. The minimum absolute atomic E-state index is 0.371. The quantitative estimate of drug-likeness (QED) is 0.434. The molecular formula is C16H34O. The van der Waals surface area contributed by atoms with Crippen LogP contribution in [0.4, 0.5) is 0 Å². The third-order valence-electron chi connectivity index (χ3n) is 3.80. The average molecular weight is 242 g/mol. The van der Waals surface area contributed by atoms with Crippen molar-refractivity contribution in [1.82, 2.24) is 0 Å². The van der Waals surface area contributed by atoms with Crippen molar-refractivity contribution < 1.29 is 5.11 Å². The summed E-state index contributed by atoms with van der Waals surface area (Å²) in [5, 5.41) is 8.65. The van der Waals surface area contributed by atoms with Crippen LogP contribution in [-0.4, -0.2) is 11.7 Å². The van der Waals surface area contributed by atoms with E-state index in [4.69, 9.17) is 5.11 Å². The van der Waals surface area contributed by atoms with E-state index in [0.29, 0.717) is 6.61 Å². The lowest BCUT2D eigenvalue weighted by Crippen LogP contribution is -1.91. The fourth-order valence-corrected chi connectivity index (χ4v) is 2.22. The van der Waals surface area contributed by atoms with Gasteiger partial charge < -0.3 is 5.11 Å². The number of unbranched alkanes of at least 4 members (excludes halogenated alkanes) is 9. The maximum absolute atomic E-state index is 8.65. The zero-order valence-electron chi connectivity index (χ0n) is 12.2. The monoisotopic (exact) mass is 242 g/mol. The van der Waals surface area contributed by atoms with Crippen LogP contribution in [0.25, 0.3) is 0 Å². The molecule has 0 bridgehead atoms. The average Bonchev–Trinajstić information content (AvgIpc) is 2.35. The Morgan fingerprint density at radius 1 is 0.706 bits per heavy atom. The highest BCUT2D eigenvalue weighted by Crippen LogP contribution is 2.15. The van der Waals surface area contributed by atoms with Crippen LogP contribution in [0, 0.1) is 5.92 Å². The van der Waals surface area contributed by atoms with Crippen LogP contribution in [0.1, 0.15) is 90.9 Å². The second-order valence-electron chi connectivity index (χ2n) is 5.56. The standard InChI is InChI=1S/C16H34O/c1-3-16(2)14-12-10-8-6-4-5-7-9-11-13-15-17/h16-17H,3-15H2,1-2H3/t16-/m1/s1. The molecule has 0 saturated carbocycles. The maximum Gasteiger partial charge on any atom is 0.0431 e. The molecule has 0 amide bonds. The van der Waals surface area contributed by atoms with Crippen molar-refractivity contribution in [1.29, 1.82) is 0 Å². The van der Waals surface area contributed by atoms with Crippen LogP contribution in [-0.2, 0) is 0 Å². The van der Waals surface area contributed by atoms with E-state index in [1.54, 1.807) is 0 Å². The van der Waals surface area contributed by atoms with Crippen molar-refractivity contribution in [2.24, 2.45) is 5.92 Å². The first kappa shape index (κ1) is 17.0. The second-order valence-corrected chi connectivity index (χ2v) is 5.56. The highest BCUT2D eigenvalue weighted by atomic mass is 16.2. The zero-order valence-corrected chi connectivity index (χ0v) is 12.2. The number of aliphatic hydroxyl groups excluding tert-OH is 1. The molecule has 1 heteroatoms. The van der Waals surface area contributed by atoms with Gasteiger partial charge in [-0.2, -0.15) is 0 Å². The summed E-state index contributed by atoms with van der Waals surface area (Å²) in [5.41, 5.74) is 0. The summed E-state index contributed by atoms with van der Waals surface area (Å²) in [5.74, 6) is 0.932. The molecule has 0 saturated heterocycles. The third-order valence-corrected chi connectivity index (χ3v) is 3.80. The number of hydrogen-bond donors (Lipinski definition) is 1. The normalized spacial score (nSPS) is 12.9. The Hall–Kier alpha value is -0.0400. The van der Waals surface area contributed by atoms with E-state index in [0.717, 1.165) is 12.3 Å². The molecule has 1 atom stereocenters. The van der Waals surface area contributed by atoms with Crippen LogP contribution in [0.5, 0.6) is 0 Å². The van der Waals surface area contributed by atoms with Crippen LogP contribution < -0.4 is 0 Å². The fraction of sp³-hybridized carbons (Fsp3) is 1.00. The van der Waals surface area contributed by atoms with Crippen molar-refractivity contribution in [3.8, 4) is 0 Å². The molecule has 0 radical (unpaired) electrons. The van der Waals surface area contributed by atoms with E-state index in [9.17, 15) is 0 Å². The topological polar surface area (TPSA) is 20.2 Å².